The van der Waals surface area contributed by atoms with Gasteiger partial charge >= 0.3 is 0 Å². The number of hydrogen-bond acceptors (Lipinski definition) is 2. The molecule has 0 radical (unpaired) electrons. The average molecular weight is 328 g/mol. The quantitative estimate of drug-likeness (QED) is 0.679. The van der Waals surface area contributed by atoms with Gasteiger partial charge in [-0.1, -0.05) is 17.7 Å². The molecule has 3 N–H and O–H groups in total. The molecule has 1 aromatic heterocycles. The smallest absolute Gasteiger partial charge is 0.255 e. The number of nitrogens with one attached hydrogen (secondary N) is 3. The Morgan fingerprint density at radius 1 is 1.04 bits per heavy atom. The summed E-state index contributed by atoms with van der Waals surface area (Å²) < 4.78 is 0. The van der Waals surface area contributed by atoms with Crippen molar-refractivity contribution in [1.29, 1.82) is 0 Å². The number of amides is 2. The zero-order valence-corrected chi connectivity index (χ0v) is 13.1. The molecule has 2 amide bonds. The van der Waals surface area contributed by atoms with Crippen LogP contribution in [0.2, 0.25) is 5.02 Å². The minimum absolute atomic E-state index is 0.183. The van der Waals surface area contributed by atoms with Gasteiger partial charge in [-0.05, 0) is 41.8 Å². The first kappa shape index (κ1) is 15.1. The van der Waals surface area contributed by atoms with E-state index >= 15 is 0 Å². The average Bonchev–Trinajstić information content (AvgIpc) is 2.96. The molecule has 0 aliphatic rings. The molecule has 0 bridgehead atoms. The van der Waals surface area contributed by atoms with E-state index in [1.807, 2.05) is 18.3 Å². The number of hydrogen-bond donors (Lipinski definition) is 3. The Kier molecular flexibility index (Phi) is 4.04. The highest BCUT2D eigenvalue weighted by molar-refractivity contribution is 6.34. The number of aromatic amines is 1. The molecule has 2 aromatic carbocycles. The molecule has 23 heavy (non-hydrogen) atoms. The number of fused-ring (bicyclic) bond motifs is 1. The summed E-state index contributed by atoms with van der Waals surface area (Å²) in [7, 11) is 0. The first-order chi connectivity index (χ1) is 11.0. The maximum absolute atomic E-state index is 12.3. The second kappa shape index (κ2) is 6.14. The van der Waals surface area contributed by atoms with E-state index in [-0.39, 0.29) is 11.8 Å². The first-order valence-corrected chi connectivity index (χ1v) is 7.36. The highest BCUT2D eigenvalue weighted by atomic mass is 35.5. The van der Waals surface area contributed by atoms with Gasteiger partial charge in [-0.25, -0.2) is 0 Å². The van der Waals surface area contributed by atoms with Crippen molar-refractivity contribution in [3.05, 3.63) is 59.2 Å². The summed E-state index contributed by atoms with van der Waals surface area (Å²) in [6.45, 7) is 1.42. The van der Waals surface area contributed by atoms with Gasteiger partial charge in [0.15, 0.2) is 0 Å². The van der Waals surface area contributed by atoms with E-state index in [0.29, 0.717) is 22.0 Å². The van der Waals surface area contributed by atoms with Crippen LogP contribution in [0, 0.1) is 0 Å². The summed E-state index contributed by atoms with van der Waals surface area (Å²) in [4.78, 5) is 26.4. The van der Waals surface area contributed by atoms with Crippen molar-refractivity contribution >= 4 is 45.7 Å². The third kappa shape index (κ3) is 3.35. The van der Waals surface area contributed by atoms with E-state index in [9.17, 15) is 9.59 Å². The molecular formula is C17H14ClN3O2. The van der Waals surface area contributed by atoms with E-state index in [0.717, 1.165) is 10.9 Å². The summed E-state index contributed by atoms with van der Waals surface area (Å²) in [5.41, 5.74) is 2.48. The van der Waals surface area contributed by atoms with Crippen LogP contribution in [0.5, 0.6) is 0 Å². The molecule has 116 valence electrons. The van der Waals surface area contributed by atoms with Crippen LogP contribution in [-0.2, 0) is 4.79 Å². The van der Waals surface area contributed by atoms with Crippen molar-refractivity contribution in [2.45, 2.75) is 6.92 Å². The molecule has 1 heterocycles. The van der Waals surface area contributed by atoms with Gasteiger partial charge in [0.05, 0.1) is 10.7 Å². The van der Waals surface area contributed by atoms with Crippen molar-refractivity contribution in [2.75, 3.05) is 10.6 Å². The highest BCUT2D eigenvalue weighted by Crippen LogP contribution is 2.26. The second-order valence-electron chi connectivity index (χ2n) is 5.11. The Morgan fingerprint density at radius 3 is 2.61 bits per heavy atom. The highest BCUT2D eigenvalue weighted by Gasteiger charge is 2.10. The molecule has 0 saturated carbocycles. The minimum atomic E-state index is -0.254. The summed E-state index contributed by atoms with van der Waals surface area (Å²) in [6.07, 6.45) is 1.82. The van der Waals surface area contributed by atoms with Crippen LogP contribution in [0.1, 0.15) is 17.3 Å². The molecule has 0 atom stereocenters. The molecule has 0 saturated heterocycles. The Labute approximate surface area is 137 Å². The maximum atomic E-state index is 12.3. The Bertz CT molecular complexity index is 902. The van der Waals surface area contributed by atoms with Crippen LogP contribution in [0.25, 0.3) is 10.9 Å². The molecule has 6 heteroatoms. The molecule has 0 unspecified atom stereocenters. The van der Waals surface area contributed by atoms with Gasteiger partial charge in [-0.2, -0.15) is 0 Å². The van der Waals surface area contributed by atoms with E-state index < -0.39 is 0 Å². The largest absolute Gasteiger partial charge is 0.361 e. The predicted molar refractivity (Wildman–Crippen MR) is 92.0 cm³/mol. The normalized spacial score (nSPS) is 10.5. The number of benzene rings is 2. The van der Waals surface area contributed by atoms with Crippen LogP contribution >= 0.6 is 11.6 Å². The number of carbonyl (C=O) groups is 2. The van der Waals surface area contributed by atoms with Crippen molar-refractivity contribution in [1.82, 2.24) is 4.98 Å². The second-order valence-corrected chi connectivity index (χ2v) is 5.52. The third-order valence-corrected chi connectivity index (χ3v) is 3.67. The lowest BCUT2D eigenvalue weighted by Gasteiger charge is -2.09. The third-order valence-electron chi connectivity index (χ3n) is 3.35. The Balaban J connectivity index is 1.80. The molecule has 0 aliphatic heterocycles. The Morgan fingerprint density at radius 2 is 1.87 bits per heavy atom. The monoisotopic (exact) mass is 327 g/mol. The van der Waals surface area contributed by atoms with Gasteiger partial charge in [0.2, 0.25) is 5.91 Å². The van der Waals surface area contributed by atoms with E-state index in [4.69, 9.17) is 11.6 Å². The summed E-state index contributed by atoms with van der Waals surface area (Å²) in [6, 6.07) is 12.3. The zero-order chi connectivity index (χ0) is 16.4. The van der Waals surface area contributed by atoms with Gasteiger partial charge in [-0.3, -0.25) is 9.59 Å². The molecule has 5 nitrogen and oxygen atoms in total. The summed E-state index contributed by atoms with van der Waals surface area (Å²) in [5, 5.41) is 6.79. The summed E-state index contributed by atoms with van der Waals surface area (Å²) in [5.74, 6) is -0.437. The van der Waals surface area contributed by atoms with Crippen LogP contribution in [0.3, 0.4) is 0 Å². The number of H-pyrrole nitrogens is 1. The predicted octanol–water partition coefficient (Wildman–Crippen LogP) is 4.03. The van der Waals surface area contributed by atoms with Gasteiger partial charge in [-0.15, -0.1) is 0 Å². The molecule has 3 aromatic rings. The fraction of sp³-hybridized carbons (Fsp3) is 0.0588. The zero-order valence-electron chi connectivity index (χ0n) is 12.3. The van der Waals surface area contributed by atoms with Gasteiger partial charge < -0.3 is 15.6 Å². The van der Waals surface area contributed by atoms with Crippen LogP contribution in [0.15, 0.2) is 48.7 Å². The van der Waals surface area contributed by atoms with Crippen molar-refractivity contribution in [3.8, 4) is 0 Å². The first-order valence-electron chi connectivity index (χ1n) is 6.98. The fourth-order valence-corrected chi connectivity index (χ4v) is 2.51. The van der Waals surface area contributed by atoms with Crippen LogP contribution < -0.4 is 10.6 Å². The van der Waals surface area contributed by atoms with E-state index in [1.165, 1.54) is 6.92 Å². The van der Waals surface area contributed by atoms with Crippen molar-refractivity contribution in [2.24, 2.45) is 0 Å². The maximum Gasteiger partial charge on any atom is 0.255 e. The number of carbonyl (C=O) groups excluding carboxylic acids is 2. The fourth-order valence-electron chi connectivity index (χ4n) is 2.28. The van der Waals surface area contributed by atoms with Crippen molar-refractivity contribution < 1.29 is 9.59 Å². The Hall–Kier alpha value is -2.79. The lowest BCUT2D eigenvalue weighted by Crippen LogP contribution is -2.12. The van der Waals surface area contributed by atoms with Crippen LogP contribution in [-0.4, -0.2) is 16.8 Å². The molecule has 0 spiro atoms. The molecule has 0 aliphatic carbocycles. The number of aromatic nitrogens is 1. The lowest BCUT2D eigenvalue weighted by atomic mass is 10.1. The van der Waals surface area contributed by atoms with Gasteiger partial charge in [0.1, 0.15) is 0 Å². The molecular weight excluding hydrogens is 314 g/mol. The number of rotatable bonds is 3. The standard InChI is InChI=1S/C17H14ClN3O2/c1-10(22)20-13-4-5-15(14(18)9-13)21-17(23)12-3-2-11-6-7-19-16(11)8-12/h2-9,19H,1H3,(H,20,22)(H,21,23). The number of halogens is 1. The molecule has 0 fully saturated rings. The van der Waals surface area contributed by atoms with Gasteiger partial charge in [0.25, 0.3) is 5.91 Å². The van der Waals surface area contributed by atoms with Crippen molar-refractivity contribution in [3.63, 3.8) is 0 Å². The summed E-state index contributed by atoms with van der Waals surface area (Å²) >= 11 is 6.15. The molecule has 3 rings (SSSR count). The van der Waals surface area contributed by atoms with E-state index in [1.54, 1.807) is 30.3 Å². The van der Waals surface area contributed by atoms with Gasteiger partial charge in [0, 0.05) is 29.9 Å². The number of anilines is 2. The van der Waals surface area contributed by atoms with Crippen LogP contribution in [0.4, 0.5) is 11.4 Å². The lowest BCUT2D eigenvalue weighted by molar-refractivity contribution is -0.114. The SMILES string of the molecule is CC(=O)Nc1ccc(NC(=O)c2ccc3cc[nH]c3c2)c(Cl)c1. The van der Waals surface area contributed by atoms with E-state index in [2.05, 4.69) is 15.6 Å². The topological polar surface area (TPSA) is 74.0 Å². The minimum Gasteiger partial charge on any atom is -0.361 e.